The Labute approximate surface area is 113 Å². The van der Waals surface area contributed by atoms with Gasteiger partial charge in [0.1, 0.15) is 0 Å². The fraction of sp³-hybridized carbons (Fsp3) is 1.00. The average Bonchev–Trinajstić information content (AvgIpc) is 2.35. The molecular weight excluding hydrogens is 224 g/mol. The third-order valence-corrected chi connectivity index (χ3v) is 3.72. The predicted octanol–water partition coefficient (Wildman–Crippen LogP) is 2.51. The molecule has 0 aromatic carbocycles. The minimum atomic E-state index is 0.666. The number of ether oxygens (including phenoxy) is 1. The van der Waals surface area contributed by atoms with Crippen LogP contribution in [-0.2, 0) is 4.74 Å². The zero-order valence-corrected chi connectivity index (χ0v) is 12.7. The lowest BCUT2D eigenvalue weighted by Gasteiger charge is -2.41. The second kappa shape index (κ2) is 8.89. The third kappa shape index (κ3) is 5.68. The summed E-state index contributed by atoms with van der Waals surface area (Å²) >= 11 is 0. The summed E-state index contributed by atoms with van der Waals surface area (Å²) in [5, 5.41) is 3.67. The number of rotatable bonds is 8. The topological polar surface area (TPSA) is 24.5 Å². The molecule has 1 aliphatic heterocycles. The summed E-state index contributed by atoms with van der Waals surface area (Å²) in [6.45, 7) is 14.3. The Hall–Kier alpha value is -0.120. The first-order chi connectivity index (χ1) is 8.67. The molecule has 1 saturated heterocycles. The van der Waals surface area contributed by atoms with Gasteiger partial charge in [0, 0.05) is 38.3 Å². The molecule has 0 radical (unpaired) electrons. The van der Waals surface area contributed by atoms with Gasteiger partial charge in [-0.05, 0) is 25.2 Å². The highest BCUT2D eigenvalue weighted by Gasteiger charge is 2.26. The van der Waals surface area contributed by atoms with Crippen molar-refractivity contribution in [2.24, 2.45) is 5.92 Å². The molecule has 18 heavy (non-hydrogen) atoms. The van der Waals surface area contributed by atoms with E-state index in [-0.39, 0.29) is 0 Å². The quantitative estimate of drug-likeness (QED) is 0.675. The Morgan fingerprint density at radius 2 is 2.06 bits per heavy atom. The summed E-state index contributed by atoms with van der Waals surface area (Å²) in [7, 11) is 0. The van der Waals surface area contributed by atoms with Crippen molar-refractivity contribution in [3.8, 4) is 0 Å². The van der Waals surface area contributed by atoms with Crippen molar-refractivity contribution in [3.63, 3.8) is 0 Å². The largest absolute Gasteiger partial charge is 0.380 e. The molecule has 1 rings (SSSR count). The summed E-state index contributed by atoms with van der Waals surface area (Å²) in [6, 6.07) is 1.36. The van der Waals surface area contributed by atoms with Gasteiger partial charge in [-0.1, -0.05) is 27.7 Å². The molecule has 3 heteroatoms. The van der Waals surface area contributed by atoms with Crippen LogP contribution in [0.3, 0.4) is 0 Å². The maximum Gasteiger partial charge on any atom is 0.0593 e. The van der Waals surface area contributed by atoms with Crippen LogP contribution in [-0.4, -0.2) is 49.8 Å². The standard InChI is InChI=1S/C15H32N2O/c1-5-8-18-9-7-17-12-14(6-2)16-11-15(17)10-13(3)4/h13-16H,5-12H2,1-4H3. The van der Waals surface area contributed by atoms with Gasteiger partial charge < -0.3 is 10.1 Å². The minimum Gasteiger partial charge on any atom is -0.380 e. The number of hydrogen-bond donors (Lipinski definition) is 1. The zero-order valence-electron chi connectivity index (χ0n) is 12.7. The predicted molar refractivity (Wildman–Crippen MR) is 78.0 cm³/mol. The molecule has 0 spiro atoms. The van der Waals surface area contributed by atoms with Gasteiger partial charge in [0.25, 0.3) is 0 Å². The first kappa shape index (κ1) is 15.9. The van der Waals surface area contributed by atoms with Gasteiger partial charge in [-0.15, -0.1) is 0 Å². The first-order valence-corrected chi connectivity index (χ1v) is 7.72. The van der Waals surface area contributed by atoms with Gasteiger partial charge in [-0.3, -0.25) is 4.90 Å². The number of nitrogens with zero attached hydrogens (tertiary/aromatic N) is 1. The van der Waals surface area contributed by atoms with Crippen LogP contribution in [0.4, 0.5) is 0 Å². The second-order valence-electron chi connectivity index (χ2n) is 5.90. The second-order valence-corrected chi connectivity index (χ2v) is 5.90. The van der Waals surface area contributed by atoms with E-state index in [2.05, 4.69) is 37.9 Å². The van der Waals surface area contributed by atoms with E-state index in [4.69, 9.17) is 4.74 Å². The number of piperazine rings is 1. The van der Waals surface area contributed by atoms with Gasteiger partial charge in [0.05, 0.1) is 6.61 Å². The number of nitrogens with one attached hydrogen (secondary N) is 1. The first-order valence-electron chi connectivity index (χ1n) is 7.72. The highest BCUT2D eigenvalue weighted by atomic mass is 16.5. The monoisotopic (exact) mass is 256 g/mol. The summed E-state index contributed by atoms with van der Waals surface area (Å²) in [5.74, 6) is 0.772. The van der Waals surface area contributed by atoms with Crippen LogP contribution in [0.15, 0.2) is 0 Å². The van der Waals surface area contributed by atoms with Crippen LogP contribution >= 0.6 is 0 Å². The zero-order chi connectivity index (χ0) is 13.4. The molecule has 3 nitrogen and oxygen atoms in total. The van der Waals surface area contributed by atoms with Crippen molar-refractivity contribution in [2.45, 2.75) is 59.0 Å². The Kier molecular flexibility index (Phi) is 7.87. The van der Waals surface area contributed by atoms with Crippen molar-refractivity contribution >= 4 is 0 Å². The van der Waals surface area contributed by atoms with Crippen molar-refractivity contribution in [1.29, 1.82) is 0 Å². The SMILES string of the molecule is CCCOCCN1CC(CC)NCC1CC(C)C. The van der Waals surface area contributed by atoms with E-state index < -0.39 is 0 Å². The van der Waals surface area contributed by atoms with Crippen LogP contribution in [0.1, 0.15) is 47.0 Å². The van der Waals surface area contributed by atoms with Gasteiger partial charge in [-0.25, -0.2) is 0 Å². The van der Waals surface area contributed by atoms with Crippen molar-refractivity contribution < 1.29 is 4.74 Å². The Morgan fingerprint density at radius 3 is 2.67 bits per heavy atom. The van der Waals surface area contributed by atoms with Crippen LogP contribution in [0.25, 0.3) is 0 Å². The molecule has 0 aliphatic carbocycles. The molecule has 0 amide bonds. The minimum absolute atomic E-state index is 0.666. The molecular formula is C15H32N2O. The molecule has 1 heterocycles. The molecule has 2 unspecified atom stereocenters. The Bertz CT molecular complexity index is 209. The van der Waals surface area contributed by atoms with Crippen LogP contribution in [0.5, 0.6) is 0 Å². The van der Waals surface area contributed by atoms with Gasteiger partial charge in [0.15, 0.2) is 0 Å². The van der Waals surface area contributed by atoms with Crippen LogP contribution in [0, 0.1) is 5.92 Å². The molecule has 0 saturated carbocycles. The molecule has 108 valence electrons. The molecule has 1 aliphatic rings. The lowest BCUT2D eigenvalue weighted by molar-refractivity contribution is 0.0583. The lowest BCUT2D eigenvalue weighted by Crippen LogP contribution is -2.57. The molecule has 1 N–H and O–H groups in total. The smallest absolute Gasteiger partial charge is 0.0593 e. The molecule has 0 aromatic rings. The normalized spacial score (nSPS) is 25.8. The maximum atomic E-state index is 5.65. The lowest BCUT2D eigenvalue weighted by atomic mass is 9.98. The molecule has 2 atom stereocenters. The fourth-order valence-corrected chi connectivity index (χ4v) is 2.68. The summed E-state index contributed by atoms with van der Waals surface area (Å²) in [5.41, 5.74) is 0. The maximum absolute atomic E-state index is 5.65. The summed E-state index contributed by atoms with van der Waals surface area (Å²) in [4.78, 5) is 2.64. The highest BCUT2D eigenvalue weighted by molar-refractivity contribution is 4.86. The van der Waals surface area contributed by atoms with E-state index in [1.807, 2.05) is 0 Å². The van der Waals surface area contributed by atoms with Crippen molar-refractivity contribution in [2.75, 3.05) is 32.8 Å². The van der Waals surface area contributed by atoms with E-state index in [1.54, 1.807) is 0 Å². The van der Waals surface area contributed by atoms with Crippen molar-refractivity contribution in [3.05, 3.63) is 0 Å². The molecule has 0 bridgehead atoms. The van der Waals surface area contributed by atoms with Gasteiger partial charge >= 0.3 is 0 Å². The van der Waals surface area contributed by atoms with Crippen molar-refractivity contribution in [1.82, 2.24) is 10.2 Å². The fourth-order valence-electron chi connectivity index (χ4n) is 2.68. The van der Waals surface area contributed by atoms with E-state index >= 15 is 0 Å². The van der Waals surface area contributed by atoms with E-state index in [1.165, 1.54) is 19.4 Å². The molecule has 0 aromatic heterocycles. The molecule has 1 fully saturated rings. The third-order valence-electron chi connectivity index (χ3n) is 3.72. The van der Waals surface area contributed by atoms with E-state index in [9.17, 15) is 0 Å². The van der Waals surface area contributed by atoms with Gasteiger partial charge in [0.2, 0.25) is 0 Å². The summed E-state index contributed by atoms with van der Waals surface area (Å²) in [6.07, 6.45) is 3.63. The van der Waals surface area contributed by atoms with E-state index in [0.717, 1.165) is 38.6 Å². The van der Waals surface area contributed by atoms with Gasteiger partial charge in [-0.2, -0.15) is 0 Å². The van der Waals surface area contributed by atoms with Crippen LogP contribution in [0.2, 0.25) is 0 Å². The highest BCUT2D eigenvalue weighted by Crippen LogP contribution is 2.16. The van der Waals surface area contributed by atoms with Crippen LogP contribution < -0.4 is 5.32 Å². The summed E-state index contributed by atoms with van der Waals surface area (Å²) < 4.78 is 5.65. The number of hydrogen-bond acceptors (Lipinski definition) is 3. The Morgan fingerprint density at radius 1 is 1.28 bits per heavy atom. The average molecular weight is 256 g/mol. The van der Waals surface area contributed by atoms with E-state index in [0.29, 0.717) is 12.1 Å². The Balaban J connectivity index is 2.38.